The van der Waals surface area contributed by atoms with Gasteiger partial charge < -0.3 is 20.5 Å². The van der Waals surface area contributed by atoms with Gasteiger partial charge in [-0.05, 0) is 26.8 Å². The minimum absolute atomic E-state index is 0.530. The molecule has 0 fully saturated rings. The van der Waals surface area contributed by atoms with Crippen LogP contribution >= 0.6 is 0 Å². The molecule has 17 heavy (non-hydrogen) atoms. The molecular weight excluding hydrogens is 216 g/mol. The van der Waals surface area contributed by atoms with Crippen LogP contribution in [0.2, 0.25) is 0 Å². The molecule has 4 nitrogen and oxygen atoms in total. The Morgan fingerprint density at radius 3 is 2.53 bits per heavy atom. The molecule has 1 aromatic carbocycles. The summed E-state index contributed by atoms with van der Waals surface area (Å²) in [6, 6.07) is 5.59. The number of rotatable bonds is 5. The third-order valence-corrected chi connectivity index (χ3v) is 2.29. The number of anilines is 2. The number of hydrogen-bond acceptors (Lipinski definition) is 4. The number of nitrogen functional groups attached to an aromatic ring is 1. The fourth-order valence-corrected chi connectivity index (χ4v) is 1.75. The van der Waals surface area contributed by atoms with Crippen molar-refractivity contribution in [1.29, 1.82) is 0 Å². The number of hydrogen-bond donors (Lipinski definition) is 2. The molecule has 96 valence electrons. The molecule has 1 rings (SSSR count). The standard InChI is InChI=1S/C13H22N2O2/c1-5-17-12-7-10(14)6-11(8-12)15(4)9-13(2,3)16/h6-8,16H,5,9,14H2,1-4H3. The van der Waals surface area contributed by atoms with Gasteiger partial charge in [-0.2, -0.15) is 0 Å². The van der Waals surface area contributed by atoms with E-state index in [0.29, 0.717) is 18.8 Å². The summed E-state index contributed by atoms with van der Waals surface area (Å²) in [5.74, 6) is 0.755. The van der Waals surface area contributed by atoms with Crippen molar-refractivity contribution in [2.75, 3.05) is 30.8 Å². The summed E-state index contributed by atoms with van der Waals surface area (Å²) in [4.78, 5) is 1.96. The predicted molar refractivity (Wildman–Crippen MR) is 71.6 cm³/mol. The number of aliphatic hydroxyl groups is 1. The third-order valence-electron chi connectivity index (χ3n) is 2.29. The molecule has 0 radical (unpaired) electrons. The van der Waals surface area contributed by atoms with Gasteiger partial charge in [0.05, 0.1) is 12.2 Å². The minimum Gasteiger partial charge on any atom is -0.494 e. The Labute approximate surface area is 103 Å². The monoisotopic (exact) mass is 238 g/mol. The predicted octanol–water partition coefficient (Wildman–Crippen LogP) is 1.87. The van der Waals surface area contributed by atoms with E-state index < -0.39 is 5.60 Å². The lowest BCUT2D eigenvalue weighted by Gasteiger charge is -2.27. The maximum Gasteiger partial charge on any atom is 0.123 e. The molecule has 3 N–H and O–H groups in total. The first-order valence-electron chi connectivity index (χ1n) is 5.78. The molecule has 1 aromatic rings. The van der Waals surface area contributed by atoms with Gasteiger partial charge in [0.2, 0.25) is 0 Å². The molecule has 0 aliphatic heterocycles. The van der Waals surface area contributed by atoms with Crippen molar-refractivity contribution >= 4 is 11.4 Å². The molecule has 0 saturated carbocycles. The van der Waals surface area contributed by atoms with E-state index in [0.717, 1.165) is 11.4 Å². The summed E-state index contributed by atoms with van der Waals surface area (Å²) in [5, 5.41) is 9.79. The van der Waals surface area contributed by atoms with Crippen LogP contribution in [-0.2, 0) is 0 Å². The summed E-state index contributed by atoms with van der Waals surface area (Å²) in [5.41, 5.74) is 6.68. The highest BCUT2D eigenvalue weighted by molar-refractivity contribution is 5.60. The minimum atomic E-state index is -0.745. The Hall–Kier alpha value is -1.42. The summed E-state index contributed by atoms with van der Waals surface area (Å²) in [7, 11) is 1.92. The molecule has 0 aliphatic rings. The molecule has 0 heterocycles. The van der Waals surface area contributed by atoms with Crippen LogP contribution in [0.4, 0.5) is 11.4 Å². The van der Waals surface area contributed by atoms with Gasteiger partial charge in [-0.3, -0.25) is 0 Å². The normalized spacial score (nSPS) is 11.4. The molecule has 0 bridgehead atoms. The quantitative estimate of drug-likeness (QED) is 0.769. The van der Waals surface area contributed by atoms with E-state index in [1.165, 1.54) is 0 Å². The second-order valence-corrected chi connectivity index (χ2v) is 4.86. The first-order chi connectivity index (χ1) is 7.81. The Morgan fingerprint density at radius 1 is 1.35 bits per heavy atom. The van der Waals surface area contributed by atoms with Crippen LogP contribution in [0.15, 0.2) is 18.2 Å². The highest BCUT2D eigenvalue weighted by Crippen LogP contribution is 2.25. The fraction of sp³-hybridized carbons (Fsp3) is 0.538. The fourth-order valence-electron chi connectivity index (χ4n) is 1.75. The smallest absolute Gasteiger partial charge is 0.123 e. The summed E-state index contributed by atoms with van der Waals surface area (Å²) in [6.45, 7) is 6.63. The Balaban J connectivity index is 2.89. The van der Waals surface area contributed by atoms with Crippen molar-refractivity contribution in [3.63, 3.8) is 0 Å². The van der Waals surface area contributed by atoms with E-state index in [9.17, 15) is 5.11 Å². The van der Waals surface area contributed by atoms with E-state index in [2.05, 4.69) is 0 Å². The van der Waals surface area contributed by atoms with Crippen molar-refractivity contribution in [1.82, 2.24) is 0 Å². The van der Waals surface area contributed by atoms with Crippen molar-refractivity contribution in [2.24, 2.45) is 0 Å². The largest absolute Gasteiger partial charge is 0.494 e. The van der Waals surface area contributed by atoms with Crippen LogP contribution in [0.5, 0.6) is 5.75 Å². The zero-order valence-electron chi connectivity index (χ0n) is 11.0. The van der Waals surface area contributed by atoms with E-state index >= 15 is 0 Å². The topological polar surface area (TPSA) is 58.7 Å². The molecule has 0 atom stereocenters. The lowest BCUT2D eigenvalue weighted by atomic mass is 10.1. The SMILES string of the molecule is CCOc1cc(N)cc(N(C)CC(C)(C)O)c1. The third kappa shape index (κ3) is 4.53. The van der Waals surface area contributed by atoms with Crippen LogP contribution in [0.25, 0.3) is 0 Å². The summed E-state index contributed by atoms with van der Waals surface area (Å²) in [6.07, 6.45) is 0. The van der Waals surface area contributed by atoms with Crippen LogP contribution in [-0.4, -0.2) is 30.9 Å². The first kappa shape index (κ1) is 13.6. The van der Waals surface area contributed by atoms with E-state index in [1.807, 2.05) is 31.0 Å². The Bertz CT molecular complexity index is 372. The number of benzene rings is 1. The Kier molecular flexibility index (Phi) is 4.23. The van der Waals surface area contributed by atoms with Gasteiger partial charge in [0.1, 0.15) is 5.75 Å². The number of ether oxygens (including phenoxy) is 1. The maximum absolute atomic E-state index is 9.79. The molecule has 0 saturated heterocycles. The number of nitrogens with zero attached hydrogens (tertiary/aromatic N) is 1. The summed E-state index contributed by atoms with van der Waals surface area (Å²) < 4.78 is 5.44. The molecule has 0 amide bonds. The van der Waals surface area contributed by atoms with E-state index in [1.54, 1.807) is 19.9 Å². The molecule has 0 aliphatic carbocycles. The highest BCUT2D eigenvalue weighted by atomic mass is 16.5. The maximum atomic E-state index is 9.79. The first-order valence-corrected chi connectivity index (χ1v) is 5.78. The van der Waals surface area contributed by atoms with Gasteiger partial charge in [-0.15, -0.1) is 0 Å². The van der Waals surface area contributed by atoms with Crippen molar-refractivity contribution in [3.8, 4) is 5.75 Å². The van der Waals surface area contributed by atoms with Crippen LogP contribution < -0.4 is 15.4 Å². The van der Waals surface area contributed by atoms with Crippen molar-refractivity contribution < 1.29 is 9.84 Å². The second-order valence-electron chi connectivity index (χ2n) is 4.86. The van der Waals surface area contributed by atoms with Crippen LogP contribution in [0, 0.1) is 0 Å². The van der Waals surface area contributed by atoms with Gasteiger partial charge in [0.25, 0.3) is 0 Å². The van der Waals surface area contributed by atoms with Gasteiger partial charge in [-0.1, -0.05) is 0 Å². The van der Waals surface area contributed by atoms with Crippen molar-refractivity contribution in [3.05, 3.63) is 18.2 Å². The lowest BCUT2D eigenvalue weighted by Crippen LogP contribution is -2.36. The molecule has 4 heteroatoms. The molecule has 0 unspecified atom stereocenters. The number of nitrogens with two attached hydrogens (primary N) is 1. The van der Waals surface area contributed by atoms with Crippen molar-refractivity contribution in [2.45, 2.75) is 26.4 Å². The van der Waals surface area contributed by atoms with Gasteiger partial charge in [0.15, 0.2) is 0 Å². The highest BCUT2D eigenvalue weighted by Gasteiger charge is 2.16. The lowest BCUT2D eigenvalue weighted by molar-refractivity contribution is 0.0886. The van der Waals surface area contributed by atoms with Crippen LogP contribution in [0.1, 0.15) is 20.8 Å². The zero-order valence-corrected chi connectivity index (χ0v) is 11.0. The van der Waals surface area contributed by atoms with Gasteiger partial charge >= 0.3 is 0 Å². The Morgan fingerprint density at radius 2 is 2.00 bits per heavy atom. The molecule has 0 spiro atoms. The van der Waals surface area contributed by atoms with Gasteiger partial charge in [-0.25, -0.2) is 0 Å². The second kappa shape index (κ2) is 5.27. The zero-order chi connectivity index (χ0) is 13.1. The average Bonchev–Trinajstić information content (AvgIpc) is 2.14. The molecule has 0 aromatic heterocycles. The van der Waals surface area contributed by atoms with Gasteiger partial charge in [0, 0.05) is 37.1 Å². The van der Waals surface area contributed by atoms with Crippen LogP contribution in [0.3, 0.4) is 0 Å². The van der Waals surface area contributed by atoms with E-state index in [4.69, 9.17) is 10.5 Å². The molecular formula is C13H22N2O2. The number of likely N-dealkylation sites (N-methyl/N-ethyl adjacent to an activating group) is 1. The summed E-state index contributed by atoms with van der Waals surface area (Å²) >= 11 is 0. The average molecular weight is 238 g/mol. The van der Waals surface area contributed by atoms with E-state index in [-0.39, 0.29) is 0 Å².